The Morgan fingerprint density at radius 1 is 1.05 bits per heavy atom. The number of likely N-dealkylation sites (tertiary alicyclic amines) is 1. The van der Waals surface area contributed by atoms with Crippen molar-refractivity contribution in [3.8, 4) is 5.82 Å². The van der Waals surface area contributed by atoms with Crippen molar-refractivity contribution < 1.29 is 42.2 Å². The number of aromatic nitrogens is 3. The van der Waals surface area contributed by atoms with Gasteiger partial charge in [0.25, 0.3) is 11.8 Å². The van der Waals surface area contributed by atoms with Gasteiger partial charge in [-0.25, -0.2) is 14.5 Å². The van der Waals surface area contributed by atoms with E-state index in [1.807, 2.05) is 36.4 Å². The zero-order chi connectivity index (χ0) is 31.1. The molecule has 0 saturated carbocycles. The summed E-state index contributed by atoms with van der Waals surface area (Å²) in [4.78, 5) is 53.0. The highest BCUT2D eigenvalue weighted by Gasteiger charge is 2.38. The average Bonchev–Trinajstić information content (AvgIpc) is 3.70. The zero-order valence-electron chi connectivity index (χ0n) is 22.7. The smallest absolute Gasteiger partial charge is 0.475 e. The van der Waals surface area contributed by atoms with Crippen LogP contribution in [0.4, 0.5) is 13.2 Å². The first-order valence-electron chi connectivity index (χ1n) is 13.2. The molecule has 2 fully saturated rings. The lowest BCUT2D eigenvalue weighted by Gasteiger charge is -2.17. The maximum absolute atomic E-state index is 13.2. The number of fused-ring (bicyclic) bond motifs is 1. The number of carboxylic acid groups (broad SMARTS) is 1. The van der Waals surface area contributed by atoms with Gasteiger partial charge in [0.05, 0.1) is 24.5 Å². The Morgan fingerprint density at radius 2 is 1.70 bits per heavy atom. The molecule has 0 radical (unpaired) electrons. The van der Waals surface area contributed by atoms with Crippen molar-refractivity contribution >= 4 is 23.6 Å². The lowest BCUT2D eigenvalue weighted by atomic mass is 10.0. The molecule has 0 bridgehead atoms. The Balaban J connectivity index is 0.000000541. The van der Waals surface area contributed by atoms with Crippen LogP contribution in [0, 0.1) is 11.8 Å². The first-order valence-corrected chi connectivity index (χ1v) is 13.2. The van der Waals surface area contributed by atoms with Crippen molar-refractivity contribution in [1.82, 2.24) is 25.0 Å². The number of carbonyl (C=O) groups excluding carboxylic acids is 3. The van der Waals surface area contributed by atoms with Crippen LogP contribution in [-0.4, -0.2) is 86.9 Å². The van der Waals surface area contributed by atoms with E-state index in [0.717, 1.165) is 37.6 Å². The number of benzene rings is 1. The topological polar surface area (TPSA) is 170 Å². The number of ether oxygens (including phenoxy) is 1. The first-order chi connectivity index (χ1) is 20.4. The second-order valence-electron chi connectivity index (χ2n) is 10.1. The van der Waals surface area contributed by atoms with E-state index in [1.165, 1.54) is 0 Å². The van der Waals surface area contributed by atoms with Gasteiger partial charge in [-0.15, -0.1) is 0 Å². The van der Waals surface area contributed by atoms with E-state index >= 15 is 0 Å². The fourth-order valence-electron chi connectivity index (χ4n) is 4.93. The Bertz CT molecular complexity index is 1450. The summed E-state index contributed by atoms with van der Waals surface area (Å²) in [5.74, 6) is -3.75. The summed E-state index contributed by atoms with van der Waals surface area (Å²) in [5.41, 5.74) is 7.14. The van der Waals surface area contributed by atoms with Crippen molar-refractivity contribution in [3.63, 3.8) is 0 Å². The maximum Gasteiger partial charge on any atom is 0.490 e. The number of ketones is 1. The highest BCUT2D eigenvalue weighted by molar-refractivity contribution is 6.38. The van der Waals surface area contributed by atoms with Crippen LogP contribution in [0.2, 0.25) is 0 Å². The molecule has 228 valence electrons. The van der Waals surface area contributed by atoms with Gasteiger partial charge in [-0.05, 0) is 23.8 Å². The molecule has 43 heavy (non-hydrogen) atoms. The third-order valence-electron chi connectivity index (χ3n) is 6.98. The molecule has 5 rings (SSSR count). The minimum absolute atomic E-state index is 0.138. The number of nitrogens with one attached hydrogen (secondary N) is 1. The van der Waals surface area contributed by atoms with Gasteiger partial charge in [-0.3, -0.25) is 19.3 Å². The van der Waals surface area contributed by atoms with Crippen LogP contribution >= 0.6 is 0 Å². The van der Waals surface area contributed by atoms with Gasteiger partial charge in [-0.2, -0.15) is 18.3 Å². The number of amides is 2. The SMILES string of the molecule is NC(=O)C(=O)C(Cc1ccccc1)NC(=O)c1cccnc1-n1ccc(CN2CC3COCC3C2)n1.O=C(O)C(F)(F)F. The van der Waals surface area contributed by atoms with Gasteiger partial charge >= 0.3 is 12.1 Å². The predicted octanol–water partition coefficient (Wildman–Crippen LogP) is 1.37. The van der Waals surface area contributed by atoms with Crippen molar-refractivity contribution in [2.75, 3.05) is 26.3 Å². The molecule has 2 saturated heterocycles. The van der Waals surface area contributed by atoms with Crippen molar-refractivity contribution in [1.29, 1.82) is 0 Å². The Labute approximate surface area is 243 Å². The number of hydrogen-bond donors (Lipinski definition) is 3. The number of aliphatic carboxylic acids is 1. The number of hydrogen-bond acceptors (Lipinski definition) is 8. The molecular weight excluding hydrogens is 573 g/mol. The molecule has 2 aliphatic rings. The van der Waals surface area contributed by atoms with Crippen LogP contribution in [0.1, 0.15) is 21.6 Å². The van der Waals surface area contributed by atoms with E-state index in [1.54, 1.807) is 29.2 Å². The fourth-order valence-corrected chi connectivity index (χ4v) is 4.93. The summed E-state index contributed by atoms with van der Waals surface area (Å²) in [7, 11) is 0. The van der Waals surface area contributed by atoms with Crippen molar-refractivity contribution in [3.05, 3.63) is 77.7 Å². The molecule has 12 nitrogen and oxygen atoms in total. The highest BCUT2D eigenvalue weighted by Crippen LogP contribution is 2.30. The van der Waals surface area contributed by atoms with E-state index < -0.39 is 35.8 Å². The molecular formula is C28H29F3N6O6. The largest absolute Gasteiger partial charge is 0.490 e. The second-order valence-corrected chi connectivity index (χ2v) is 10.1. The summed E-state index contributed by atoms with van der Waals surface area (Å²) in [5, 5.41) is 14.4. The van der Waals surface area contributed by atoms with Gasteiger partial charge in [0.15, 0.2) is 5.82 Å². The van der Waals surface area contributed by atoms with E-state index in [9.17, 15) is 27.6 Å². The monoisotopic (exact) mass is 602 g/mol. The number of alkyl halides is 3. The van der Waals surface area contributed by atoms with Gasteiger partial charge in [0.2, 0.25) is 5.78 Å². The lowest BCUT2D eigenvalue weighted by Crippen LogP contribution is -2.47. The number of halogens is 3. The second kappa shape index (κ2) is 13.6. The van der Waals surface area contributed by atoms with Crippen molar-refractivity contribution in [2.45, 2.75) is 25.2 Å². The highest BCUT2D eigenvalue weighted by atomic mass is 19.4. The standard InChI is InChI=1S/C26H28N6O4.C2HF3O2/c27-24(34)23(33)22(11-17-5-2-1-3-6-17)29-26(35)21-7-4-9-28-25(21)32-10-8-20(30-32)14-31-12-18-15-36-16-19(18)13-31;3-2(4,5)1(6)7/h1-10,18-19,22H,11-16H2,(H2,27,34)(H,29,35);(H,6,7). The normalized spacial score (nSPS) is 18.7. The Hall–Kier alpha value is -4.63. The van der Waals surface area contributed by atoms with Crippen LogP contribution < -0.4 is 11.1 Å². The lowest BCUT2D eigenvalue weighted by molar-refractivity contribution is -0.192. The quantitative estimate of drug-likeness (QED) is 0.306. The summed E-state index contributed by atoms with van der Waals surface area (Å²) >= 11 is 0. The minimum Gasteiger partial charge on any atom is -0.475 e. The molecule has 3 unspecified atom stereocenters. The van der Waals surface area contributed by atoms with Crippen LogP contribution in [-0.2, 0) is 32.1 Å². The van der Waals surface area contributed by atoms with E-state index in [-0.39, 0.29) is 12.0 Å². The molecule has 3 aromatic rings. The maximum atomic E-state index is 13.2. The molecule has 2 aliphatic heterocycles. The van der Waals surface area contributed by atoms with E-state index in [2.05, 4.69) is 20.3 Å². The van der Waals surface area contributed by atoms with Crippen LogP contribution in [0.3, 0.4) is 0 Å². The molecule has 3 atom stereocenters. The third-order valence-corrected chi connectivity index (χ3v) is 6.98. The average molecular weight is 603 g/mol. The predicted molar refractivity (Wildman–Crippen MR) is 144 cm³/mol. The molecule has 2 amide bonds. The van der Waals surface area contributed by atoms with Crippen LogP contribution in [0.15, 0.2) is 60.9 Å². The molecule has 4 heterocycles. The molecule has 0 aliphatic carbocycles. The number of pyridine rings is 1. The van der Waals surface area contributed by atoms with Gasteiger partial charge < -0.3 is 20.9 Å². The number of nitrogens with two attached hydrogens (primary N) is 1. The Morgan fingerprint density at radius 3 is 2.30 bits per heavy atom. The number of primary amides is 1. The summed E-state index contributed by atoms with van der Waals surface area (Å²) < 4.78 is 38.9. The summed E-state index contributed by atoms with van der Waals surface area (Å²) in [6, 6.07) is 13.2. The summed E-state index contributed by atoms with van der Waals surface area (Å²) in [6.45, 7) is 4.34. The van der Waals surface area contributed by atoms with Gasteiger partial charge in [0.1, 0.15) is 6.04 Å². The molecule has 15 heteroatoms. The van der Waals surface area contributed by atoms with Crippen molar-refractivity contribution in [2.24, 2.45) is 17.6 Å². The van der Waals surface area contributed by atoms with Gasteiger partial charge in [-0.1, -0.05) is 30.3 Å². The van der Waals surface area contributed by atoms with Crippen LogP contribution in [0.5, 0.6) is 0 Å². The number of rotatable bonds is 9. The minimum atomic E-state index is -5.08. The van der Waals surface area contributed by atoms with E-state index in [4.69, 9.17) is 20.4 Å². The van der Waals surface area contributed by atoms with Gasteiger partial charge in [0, 0.05) is 50.3 Å². The Kier molecular flexibility index (Phi) is 9.88. The number of nitrogens with zero attached hydrogens (tertiary/aromatic N) is 4. The number of carboxylic acids is 1. The third kappa shape index (κ3) is 8.23. The fraction of sp³-hybridized carbons (Fsp3) is 0.357. The first kappa shape index (κ1) is 31.3. The molecule has 2 aromatic heterocycles. The molecule has 4 N–H and O–H groups in total. The summed E-state index contributed by atoms with van der Waals surface area (Å²) in [6.07, 6.45) is -1.60. The zero-order valence-corrected chi connectivity index (χ0v) is 22.7. The number of carbonyl (C=O) groups is 4. The molecule has 1 aromatic carbocycles. The molecule has 0 spiro atoms. The van der Waals surface area contributed by atoms with E-state index in [0.29, 0.717) is 24.2 Å². The van der Waals surface area contributed by atoms with Crippen LogP contribution in [0.25, 0.3) is 5.82 Å². The number of Topliss-reactive ketones (excluding diaryl/α,β-unsaturated/α-hetero) is 1.